The molecule has 0 radical (unpaired) electrons. The van der Waals surface area contributed by atoms with E-state index in [1.165, 1.54) is 0 Å². The smallest absolute Gasteiger partial charge is 0.410 e. The lowest BCUT2D eigenvalue weighted by Crippen LogP contribution is -2.60. The first-order valence-corrected chi connectivity index (χ1v) is 7.20. The highest BCUT2D eigenvalue weighted by molar-refractivity contribution is 5.70. The maximum Gasteiger partial charge on any atom is 0.410 e. The lowest BCUT2D eigenvalue weighted by molar-refractivity contribution is 0.0197. The number of amides is 1. The Morgan fingerprint density at radius 3 is 2.82 bits per heavy atom. The highest BCUT2D eigenvalue weighted by Gasteiger charge is 2.36. The van der Waals surface area contributed by atoms with E-state index in [2.05, 4.69) is 20.1 Å². The molecule has 1 fully saturated rings. The summed E-state index contributed by atoms with van der Waals surface area (Å²) in [7, 11) is 1.77. The highest BCUT2D eigenvalue weighted by Crippen LogP contribution is 2.24. The van der Waals surface area contributed by atoms with Gasteiger partial charge in [-0.25, -0.2) is 9.78 Å². The SMILES string of the molecule is CN(C(=O)OC(C)(C)C)C1CN(c2nccn3cnnc23)C1. The third kappa shape index (κ3) is 2.68. The van der Waals surface area contributed by atoms with Gasteiger partial charge in [0.05, 0.1) is 6.04 Å². The second-order valence-corrected chi connectivity index (χ2v) is 6.46. The number of carbonyl (C=O) groups excluding carboxylic acids is 1. The van der Waals surface area contributed by atoms with Crippen molar-refractivity contribution in [3.8, 4) is 0 Å². The van der Waals surface area contributed by atoms with Gasteiger partial charge < -0.3 is 14.5 Å². The van der Waals surface area contributed by atoms with Gasteiger partial charge in [0.25, 0.3) is 0 Å². The number of carbonyl (C=O) groups is 1. The summed E-state index contributed by atoms with van der Waals surface area (Å²) in [4.78, 5) is 20.1. The quantitative estimate of drug-likeness (QED) is 0.829. The van der Waals surface area contributed by atoms with Gasteiger partial charge in [0.15, 0.2) is 5.82 Å². The predicted molar refractivity (Wildman–Crippen MR) is 80.8 cm³/mol. The van der Waals surface area contributed by atoms with Crippen LogP contribution < -0.4 is 4.90 Å². The Labute approximate surface area is 128 Å². The Bertz CT molecular complexity index is 686. The van der Waals surface area contributed by atoms with Gasteiger partial charge in [-0.3, -0.25) is 4.40 Å². The molecule has 1 saturated heterocycles. The third-order valence-electron chi connectivity index (χ3n) is 3.59. The molecule has 0 unspecified atom stereocenters. The van der Waals surface area contributed by atoms with Crippen LogP contribution >= 0.6 is 0 Å². The van der Waals surface area contributed by atoms with Crippen molar-refractivity contribution >= 4 is 17.6 Å². The molecular formula is C14H20N6O2. The number of rotatable bonds is 2. The summed E-state index contributed by atoms with van der Waals surface area (Å²) in [5.41, 5.74) is 0.240. The molecule has 0 N–H and O–H groups in total. The van der Waals surface area contributed by atoms with Crippen molar-refractivity contribution in [3.05, 3.63) is 18.7 Å². The molecule has 1 aliphatic heterocycles. The first-order chi connectivity index (χ1) is 10.3. The zero-order valence-electron chi connectivity index (χ0n) is 13.2. The Morgan fingerprint density at radius 1 is 1.41 bits per heavy atom. The fourth-order valence-corrected chi connectivity index (χ4v) is 2.32. The number of likely N-dealkylation sites (N-methyl/N-ethyl adjacent to an activating group) is 1. The van der Waals surface area contributed by atoms with Crippen molar-refractivity contribution in [3.63, 3.8) is 0 Å². The van der Waals surface area contributed by atoms with E-state index in [1.807, 2.05) is 31.4 Å². The van der Waals surface area contributed by atoms with E-state index in [4.69, 9.17) is 4.74 Å². The van der Waals surface area contributed by atoms with E-state index >= 15 is 0 Å². The Kier molecular flexibility index (Phi) is 3.38. The number of hydrogen-bond acceptors (Lipinski definition) is 6. The van der Waals surface area contributed by atoms with Gasteiger partial charge in [0.2, 0.25) is 5.65 Å². The number of aromatic nitrogens is 4. The van der Waals surface area contributed by atoms with Crippen LogP contribution in [0.2, 0.25) is 0 Å². The molecule has 8 heteroatoms. The largest absolute Gasteiger partial charge is 0.444 e. The first-order valence-electron chi connectivity index (χ1n) is 7.20. The van der Waals surface area contributed by atoms with Gasteiger partial charge in [-0.2, -0.15) is 0 Å². The molecule has 22 heavy (non-hydrogen) atoms. The standard InChI is InChI=1S/C14H20N6O2/c1-14(2,3)22-13(21)18(4)10-7-20(8-10)11-12-17-16-9-19(12)6-5-15-11/h5-6,9-10H,7-8H2,1-4H3. The van der Waals surface area contributed by atoms with Crippen LogP contribution in [-0.4, -0.2) is 62.4 Å². The second kappa shape index (κ2) is 5.11. The molecule has 3 rings (SSSR count). The minimum Gasteiger partial charge on any atom is -0.444 e. The molecule has 3 heterocycles. The highest BCUT2D eigenvalue weighted by atomic mass is 16.6. The molecule has 2 aromatic rings. The summed E-state index contributed by atoms with van der Waals surface area (Å²) in [6.07, 6.45) is 4.87. The topological polar surface area (TPSA) is 75.9 Å². The molecule has 118 valence electrons. The third-order valence-corrected chi connectivity index (χ3v) is 3.59. The van der Waals surface area contributed by atoms with Gasteiger partial charge in [0, 0.05) is 32.5 Å². The summed E-state index contributed by atoms with van der Waals surface area (Å²) < 4.78 is 7.21. The molecule has 1 amide bonds. The fraction of sp³-hybridized carbons (Fsp3) is 0.571. The van der Waals surface area contributed by atoms with Gasteiger partial charge in [-0.1, -0.05) is 0 Å². The molecule has 0 aliphatic carbocycles. The van der Waals surface area contributed by atoms with Crippen LogP contribution in [0, 0.1) is 0 Å². The van der Waals surface area contributed by atoms with E-state index in [0.29, 0.717) is 13.1 Å². The molecule has 2 aromatic heterocycles. The minimum atomic E-state index is -0.483. The maximum absolute atomic E-state index is 12.1. The summed E-state index contributed by atoms with van der Waals surface area (Å²) >= 11 is 0. The summed E-state index contributed by atoms with van der Waals surface area (Å²) in [6.45, 7) is 7.00. The number of ether oxygens (including phenoxy) is 1. The lowest BCUT2D eigenvalue weighted by atomic mass is 10.1. The molecule has 0 aromatic carbocycles. The van der Waals surface area contributed by atoms with Crippen LogP contribution in [0.25, 0.3) is 5.65 Å². The Balaban J connectivity index is 1.64. The molecule has 0 bridgehead atoms. The molecule has 0 atom stereocenters. The van der Waals surface area contributed by atoms with E-state index in [1.54, 1.807) is 24.5 Å². The van der Waals surface area contributed by atoms with Crippen LogP contribution in [0.15, 0.2) is 18.7 Å². The van der Waals surface area contributed by atoms with E-state index in [9.17, 15) is 4.79 Å². The lowest BCUT2D eigenvalue weighted by Gasteiger charge is -2.44. The molecule has 0 saturated carbocycles. The Morgan fingerprint density at radius 2 is 2.14 bits per heavy atom. The fourth-order valence-electron chi connectivity index (χ4n) is 2.32. The van der Waals surface area contributed by atoms with E-state index in [0.717, 1.165) is 11.5 Å². The summed E-state index contributed by atoms with van der Waals surface area (Å²) in [6, 6.07) is 0.111. The monoisotopic (exact) mass is 304 g/mol. The Hall–Kier alpha value is -2.38. The number of anilines is 1. The van der Waals surface area contributed by atoms with Crippen molar-refractivity contribution < 1.29 is 9.53 Å². The molecule has 0 spiro atoms. The average molecular weight is 304 g/mol. The first kappa shape index (κ1) is 14.6. The number of hydrogen-bond donors (Lipinski definition) is 0. The summed E-state index contributed by atoms with van der Waals surface area (Å²) in [5.74, 6) is 0.786. The van der Waals surface area contributed by atoms with Crippen molar-refractivity contribution in [2.45, 2.75) is 32.4 Å². The van der Waals surface area contributed by atoms with Gasteiger partial charge in [0.1, 0.15) is 11.9 Å². The normalized spacial score (nSPS) is 15.7. The van der Waals surface area contributed by atoms with Gasteiger partial charge in [-0.05, 0) is 20.8 Å². The minimum absolute atomic E-state index is 0.111. The van der Waals surface area contributed by atoms with Gasteiger partial charge in [-0.15, -0.1) is 10.2 Å². The van der Waals surface area contributed by atoms with Crippen LogP contribution in [-0.2, 0) is 4.74 Å². The van der Waals surface area contributed by atoms with Crippen LogP contribution in [0.1, 0.15) is 20.8 Å². The summed E-state index contributed by atoms with van der Waals surface area (Å²) in [5, 5.41) is 7.97. The van der Waals surface area contributed by atoms with Crippen LogP contribution in [0.3, 0.4) is 0 Å². The number of nitrogens with zero attached hydrogens (tertiary/aromatic N) is 6. The van der Waals surface area contributed by atoms with Crippen molar-refractivity contribution in [1.82, 2.24) is 24.5 Å². The zero-order chi connectivity index (χ0) is 15.9. The molecular weight excluding hydrogens is 284 g/mol. The van der Waals surface area contributed by atoms with Crippen molar-refractivity contribution in [2.75, 3.05) is 25.0 Å². The maximum atomic E-state index is 12.1. The number of fused-ring (bicyclic) bond motifs is 1. The zero-order valence-corrected chi connectivity index (χ0v) is 13.2. The van der Waals surface area contributed by atoms with E-state index < -0.39 is 5.60 Å². The molecule has 1 aliphatic rings. The van der Waals surface area contributed by atoms with Crippen molar-refractivity contribution in [1.29, 1.82) is 0 Å². The predicted octanol–water partition coefficient (Wildman–Crippen LogP) is 1.18. The van der Waals surface area contributed by atoms with Crippen LogP contribution in [0.5, 0.6) is 0 Å². The van der Waals surface area contributed by atoms with E-state index in [-0.39, 0.29) is 12.1 Å². The van der Waals surface area contributed by atoms with Crippen molar-refractivity contribution in [2.24, 2.45) is 0 Å². The molecule has 8 nitrogen and oxygen atoms in total. The van der Waals surface area contributed by atoms with Gasteiger partial charge >= 0.3 is 6.09 Å². The average Bonchev–Trinajstić information content (AvgIpc) is 2.83. The van der Waals surface area contributed by atoms with Crippen LogP contribution in [0.4, 0.5) is 10.6 Å². The second-order valence-electron chi connectivity index (χ2n) is 6.46.